The molecule has 0 saturated heterocycles. The van der Waals surface area contributed by atoms with Crippen molar-refractivity contribution >= 4 is 0 Å². The minimum absolute atomic E-state index is 0.0519. The van der Waals surface area contributed by atoms with Crippen molar-refractivity contribution in [2.24, 2.45) is 0 Å². The maximum absolute atomic E-state index is 4.90. The Morgan fingerprint density at radius 1 is 0.641 bits per heavy atom. The van der Waals surface area contributed by atoms with E-state index in [1.165, 1.54) is 33.4 Å². The molecule has 0 aliphatic carbocycles. The third-order valence-corrected chi connectivity index (χ3v) is 7.00. The molecule has 3 aromatic heterocycles. The summed E-state index contributed by atoms with van der Waals surface area (Å²) in [5.74, 6) is 1.70. The Bertz CT molecular complexity index is 1400. The number of H-pyrrole nitrogens is 1. The average Bonchev–Trinajstić information content (AvgIpc) is 3.62. The van der Waals surface area contributed by atoms with E-state index in [-0.39, 0.29) is 10.8 Å². The van der Waals surface area contributed by atoms with Gasteiger partial charge in [0.25, 0.3) is 0 Å². The lowest BCUT2D eigenvalue weighted by Crippen LogP contribution is -2.13. The van der Waals surface area contributed by atoms with Crippen LogP contribution in [0.4, 0.5) is 0 Å². The van der Waals surface area contributed by atoms with E-state index in [4.69, 9.17) is 4.98 Å². The smallest absolute Gasteiger partial charge is 0.155 e. The monoisotopic (exact) mass is 521 g/mol. The SMILES string of the molecule is CC(C)(C)c1cc(Cc2n[nH]c(Cc3cc(Cn4ccnc4)cc(C(C)(C)C)c3)n2)cc(Cn2ccnc2)c1. The van der Waals surface area contributed by atoms with Gasteiger partial charge < -0.3 is 9.13 Å². The zero-order valence-corrected chi connectivity index (χ0v) is 23.9. The van der Waals surface area contributed by atoms with Crippen LogP contribution in [0.2, 0.25) is 0 Å². The van der Waals surface area contributed by atoms with Crippen molar-refractivity contribution in [1.29, 1.82) is 0 Å². The molecule has 0 radical (unpaired) electrons. The molecule has 1 N–H and O–H groups in total. The molecule has 2 aromatic carbocycles. The zero-order valence-electron chi connectivity index (χ0n) is 23.9. The van der Waals surface area contributed by atoms with E-state index in [1.54, 1.807) is 0 Å². The van der Waals surface area contributed by atoms with Crippen LogP contribution in [0.15, 0.2) is 73.8 Å². The Morgan fingerprint density at radius 2 is 1.13 bits per heavy atom. The van der Waals surface area contributed by atoms with Crippen LogP contribution in [0.5, 0.6) is 0 Å². The average molecular weight is 522 g/mol. The van der Waals surface area contributed by atoms with E-state index in [2.05, 4.69) is 107 Å². The highest BCUT2D eigenvalue weighted by Crippen LogP contribution is 2.27. The lowest BCUT2D eigenvalue weighted by Gasteiger charge is -2.21. The van der Waals surface area contributed by atoms with Crippen molar-refractivity contribution in [3.63, 3.8) is 0 Å². The fourth-order valence-electron chi connectivity index (χ4n) is 4.83. The Kier molecular flexibility index (Phi) is 7.25. The minimum atomic E-state index is 0.0519. The highest BCUT2D eigenvalue weighted by atomic mass is 15.2. The van der Waals surface area contributed by atoms with E-state index in [0.717, 1.165) is 24.7 Å². The first kappa shape index (κ1) is 26.6. The first-order chi connectivity index (χ1) is 18.5. The molecular formula is C32H39N7. The van der Waals surface area contributed by atoms with Gasteiger partial charge in [0.2, 0.25) is 0 Å². The molecular weight excluding hydrogens is 482 g/mol. The quantitative estimate of drug-likeness (QED) is 0.269. The highest BCUT2D eigenvalue weighted by molar-refractivity contribution is 5.37. The van der Waals surface area contributed by atoms with Crippen molar-refractivity contribution in [1.82, 2.24) is 34.3 Å². The van der Waals surface area contributed by atoms with Crippen molar-refractivity contribution in [3.05, 3.63) is 119 Å². The van der Waals surface area contributed by atoms with Crippen LogP contribution in [0, 0.1) is 0 Å². The number of benzene rings is 2. The van der Waals surface area contributed by atoms with Crippen molar-refractivity contribution in [2.75, 3.05) is 0 Å². The molecule has 5 aromatic rings. The third-order valence-electron chi connectivity index (χ3n) is 7.00. The minimum Gasteiger partial charge on any atom is -0.333 e. The van der Waals surface area contributed by atoms with Gasteiger partial charge in [-0.1, -0.05) is 77.9 Å². The number of aromatic amines is 1. The molecule has 0 saturated carbocycles. The molecule has 7 nitrogen and oxygen atoms in total. The van der Waals surface area contributed by atoms with Crippen molar-refractivity contribution in [2.45, 2.75) is 78.3 Å². The van der Waals surface area contributed by atoms with Gasteiger partial charge in [-0.25, -0.2) is 15.0 Å². The number of hydrogen-bond donors (Lipinski definition) is 1. The molecule has 0 fully saturated rings. The molecule has 0 bridgehead atoms. The molecule has 0 aliphatic heterocycles. The number of aromatic nitrogens is 7. The molecule has 3 heterocycles. The number of rotatable bonds is 8. The predicted octanol–water partition coefficient (Wildman–Crippen LogP) is 6.07. The van der Waals surface area contributed by atoms with Crippen molar-refractivity contribution < 1.29 is 0 Å². The Hall–Kier alpha value is -4.00. The molecule has 5 rings (SSSR count). The Morgan fingerprint density at radius 3 is 1.59 bits per heavy atom. The Balaban J connectivity index is 1.37. The largest absolute Gasteiger partial charge is 0.333 e. The topological polar surface area (TPSA) is 77.2 Å². The maximum atomic E-state index is 4.90. The van der Waals surface area contributed by atoms with Gasteiger partial charge in [-0.2, -0.15) is 5.10 Å². The second-order valence-corrected chi connectivity index (χ2v) is 12.6. The maximum Gasteiger partial charge on any atom is 0.155 e. The number of nitrogens with zero attached hydrogens (tertiary/aromatic N) is 6. The van der Waals surface area contributed by atoms with Gasteiger partial charge in [-0.3, -0.25) is 5.10 Å². The van der Waals surface area contributed by atoms with Gasteiger partial charge in [-0.05, 0) is 44.2 Å². The van der Waals surface area contributed by atoms with Gasteiger partial charge in [0.15, 0.2) is 5.82 Å². The number of nitrogens with one attached hydrogen (secondary N) is 1. The molecule has 39 heavy (non-hydrogen) atoms. The van der Waals surface area contributed by atoms with Gasteiger partial charge in [0.05, 0.1) is 12.7 Å². The van der Waals surface area contributed by atoms with Gasteiger partial charge in [0, 0.05) is 50.7 Å². The number of hydrogen-bond acceptors (Lipinski definition) is 4. The lowest BCUT2D eigenvalue weighted by molar-refractivity contribution is 0.587. The highest BCUT2D eigenvalue weighted by Gasteiger charge is 2.18. The van der Waals surface area contributed by atoms with E-state index < -0.39 is 0 Å². The fraction of sp³-hybridized carbons (Fsp3) is 0.375. The summed E-state index contributed by atoms with van der Waals surface area (Å²) >= 11 is 0. The molecule has 0 atom stereocenters. The molecule has 0 amide bonds. The molecule has 0 spiro atoms. The van der Waals surface area contributed by atoms with E-state index in [0.29, 0.717) is 12.8 Å². The second kappa shape index (κ2) is 10.6. The van der Waals surface area contributed by atoms with Crippen LogP contribution in [-0.4, -0.2) is 34.3 Å². The molecule has 202 valence electrons. The first-order valence-electron chi connectivity index (χ1n) is 13.6. The second-order valence-electron chi connectivity index (χ2n) is 12.6. The summed E-state index contributed by atoms with van der Waals surface area (Å²) in [6.07, 6.45) is 12.8. The molecule has 0 aliphatic rings. The van der Waals surface area contributed by atoms with Crippen LogP contribution in [0.1, 0.15) is 86.6 Å². The normalized spacial score (nSPS) is 12.3. The summed E-state index contributed by atoms with van der Waals surface area (Å²) in [6, 6.07) is 13.7. The zero-order chi connectivity index (χ0) is 27.6. The van der Waals surface area contributed by atoms with Gasteiger partial charge in [-0.15, -0.1) is 0 Å². The van der Waals surface area contributed by atoms with Crippen LogP contribution in [0.3, 0.4) is 0 Å². The van der Waals surface area contributed by atoms with Crippen LogP contribution in [0.25, 0.3) is 0 Å². The fourth-order valence-corrected chi connectivity index (χ4v) is 4.83. The van der Waals surface area contributed by atoms with Gasteiger partial charge in [0.1, 0.15) is 5.82 Å². The van der Waals surface area contributed by atoms with E-state index in [9.17, 15) is 0 Å². The Labute approximate surface area is 231 Å². The molecule has 0 unspecified atom stereocenters. The summed E-state index contributed by atoms with van der Waals surface area (Å²) in [5, 5.41) is 7.80. The summed E-state index contributed by atoms with van der Waals surface area (Å²) < 4.78 is 4.20. The van der Waals surface area contributed by atoms with Crippen LogP contribution in [-0.2, 0) is 36.8 Å². The number of imidazole rings is 2. The standard InChI is InChI=1S/C32H39N7/c1-31(2,3)27-13-23(11-25(15-27)19-38-9-7-33-21-38)17-29-35-30(37-36-29)18-24-12-26(20-39-10-8-34-22-39)16-28(14-24)32(4,5)6/h7-16,21-22H,17-20H2,1-6H3,(H,35,36,37). The van der Waals surface area contributed by atoms with E-state index >= 15 is 0 Å². The summed E-state index contributed by atoms with van der Waals surface area (Å²) in [7, 11) is 0. The predicted molar refractivity (Wildman–Crippen MR) is 155 cm³/mol. The van der Waals surface area contributed by atoms with Gasteiger partial charge >= 0.3 is 0 Å². The summed E-state index contributed by atoms with van der Waals surface area (Å²) in [4.78, 5) is 13.3. The summed E-state index contributed by atoms with van der Waals surface area (Å²) in [6.45, 7) is 15.1. The summed E-state index contributed by atoms with van der Waals surface area (Å²) in [5.41, 5.74) is 7.72. The molecule has 7 heteroatoms. The lowest BCUT2D eigenvalue weighted by atomic mass is 9.84. The van der Waals surface area contributed by atoms with Crippen LogP contribution < -0.4 is 0 Å². The van der Waals surface area contributed by atoms with E-state index in [1.807, 2.05) is 37.4 Å². The first-order valence-corrected chi connectivity index (χ1v) is 13.6. The van der Waals surface area contributed by atoms with Crippen molar-refractivity contribution in [3.8, 4) is 0 Å². The third kappa shape index (κ3) is 6.91. The van der Waals surface area contributed by atoms with Crippen LogP contribution >= 0.6 is 0 Å².